The Balaban J connectivity index is 0.000000224. The second-order valence-electron chi connectivity index (χ2n) is 11.6. The van der Waals surface area contributed by atoms with Crippen molar-refractivity contribution in [3.63, 3.8) is 0 Å². The van der Waals surface area contributed by atoms with Gasteiger partial charge in [0.05, 0.1) is 46.3 Å². The molecule has 2 aliphatic rings. The molecule has 4 aromatic carbocycles. The molecule has 12 nitrogen and oxygen atoms in total. The zero-order chi connectivity index (χ0) is 36.1. The van der Waals surface area contributed by atoms with Crippen molar-refractivity contribution in [1.82, 2.24) is 10.6 Å². The highest BCUT2D eigenvalue weighted by Gasteiger charge is 2.43. The fourth-order valence-corrected chi connectivity index (χ4v) is 9.28. The summed E-state index contributed by atoms with van der Waals surface area (Å²) < 4.78 is 85.2. The van der Waals surface area contributed by atoms with Gasteiger partial charge >= 0.3 is 20.4 Å². The predicted octanol–water partition coefficient (Wildman–Crippen LogP) is 4.42. The van der Waals surface area contributed by atoms with Crippen LogP contribution >= 0.6 is 12.4 Å². The van der Waals surface area contributed by atoms with E-state index in [0.29, 0.717) is 35.8 Å². The summed E-state index contributed by atoms with van der Waals surface area (Å²) in [7, 11) is -4.53. The molecule has 2 atom stereocenters. The average Bonchev–Trinajstić information content (AvgIpc) is 3.45. The Kier molecular flexibility index (Phi) is 13.2. The summed E-state index contributed by atoms with van der Waals surface area (Å²) >= 11 is 0. The van der Waals surface area contributed by atoms with Gasteiger partial charge in [-0.1, -0.05) is 48.5 Å². The topological polar surface area (TPSA) is 146 Å². The SMILES string of the molecule is CNC[C@@H](O)CCN1c2ccccc2N(c2ccccc2F)S1(=O)=O.CNC[C@@H](O)CCN1c2ccccc2N(c2ccccc2F)S1(=O)=O.Cl. The Labute approximate surface area is 303 Å². The molecule has 51 heavy (non-hydrogen) atoms. The van der Waals surface area contributed by atoms with Crippen LogP contribution in [0.5, 0.6) is 0 Å². The van der Waals surface area contributed by atoms with Gasteiger partial charge in [-0.15, -0.1) is 12.4 Å². The molecule has 276 valence electrons. The van der Waals surface area contributed by atoms with Gasteiger partial charge in [0.15, 0.2) is 0 Å². The van der Waals surface area contributed by atoms with E-state index in [0.717, 1.165) is 8.61 Å². The van der Waals surface area contributed by atoms with Crippen LogP contribution in [0.2, 0.25) is 0 Å². The van der Waals surface area contributed by atoms with Gasteiger partial charge in [0.1, 0.15) is 11.6 Å². The molecule has 17 heteroatoms. The van der Waals surface area contributed by atoms with E-state index in [4.69, 9.17) is 0 Å². The lowest BCUT2D eigenvalue weighted by Gasteiger charge is -2.23. The summed E-state index contributed by atoms with van der Waals surface area (Å²) in [4.78, 5) is 0. The molecule has 0 saturated heterocycles. The van der Waals surface area contributed by atoms with Crippen molar-refractivity contribution in [3.05, 3.63) is 109 Å². The standard InChI is InChI=1S/2C17H20FN3O3S.ClH/c2*1-19-12-13(22)10-11-20-16-8-4-5-9-17(16)21(25(20,23)24)15-7-3-2-6-14(15)18;/h2*2-9,13,19,22H,10-12H2,1H3;1H/t2*13-;/m00./s1. The Hall–Kier alpha value is -4.03. The molecule has 0 aliphatic carbocycles. The third-order valence-corrected chi connectivity index (χ3v) is 11.7. The fraction of sp³-hybridized carbons (Fsp3) is 0.294. The molecule has 4 N–H and O–H groups in total. The minimum absolute atomic E-state index is 0. The van der Waals surface area contributed by atoms with Gasteiger partial charge < -0.3 is 20.8 Å². The fourth-order valence-electron chi connectivity index (χ4n) is 5.81. The number of halogens is 3. The summed E-state index contributed by atoms with van der Waals surface area (Å²) in [5, 5.41) is 25.5. The van der Waals surface area contributed by atoms with E-state index in [1.165, 1.54) is 45.0 Å². The smallest absolute Gasteiger partial charge is 0.331 e. The third kappa shape index (κ3) is 8.22. The number of aliphatic hydroxyl groups excluding tert-OH is 2. The molecule has 0 spiro atoms. The van der Waals surface area contributed by atoms with E-state index < -0.39 is 44.3 Å². The van der Waals surface area contributed by atoms with E-state index in [-0.39, 0.29) is 49.7 Å². The molecule has 0 amide bonds. The van der Waals surface area contributed by atoms with Crippen LogP contribution in [0, 0.1) is 11.6 Å². The molecule has 0 aromatic heterocycles. The number of likely N-dealkylation sites (N-methyl/N-ethyl adjacent to an activating group) is 2. The first kappa shape index (κ1) is 39.8. The van der Waals surface area contributed by atoms with Crippen LogP contribution in [-0.2, 0) is 20.4 Å². The summed E-state index contributed by atoms with van der Waals surface area (Å²) in [6.07, 6.45) is -0.816. The summed E-state index contributed by atoms with van der Waals surface area (Å²) in [6, 6.07) is 25.1. The van der Waals surface area contributed by atoms with Gasteiger partial charge in [-0.05, 0) is 75.5 Å². The molecule has 0 radical (unpaired) electrons. The molecule has 6 rings (SSSR count). The number of nitrogens with one attached hydrogen (secondary N) is 2. The van der Waals surface area contributed by atoms with Gasteiger partial charge in [-0.2, -0.15) is 16.8 Å². The lowest BCUT2D eigenvalue weighted by molar-refractivity contribution is 0.167. The monoisotopic (exact) mass is 766 g/mol. The van der Waals surface area contributed by atoms with Gasteiger partial charge in [-0.3, -0.25) is 8.61 Å². The van der Waals surface area contributed by atoms with Crippen LogP contribution in [0.25, 0.3) is 0 Å². The van der Waals surface area contributed by atoms with E-state index in [1.54, 1.807) is 74.8 Å². The minimum atomic E-state index is -3.98. The average molecular weight is 767 g/mol. The predicted molar refractivity (Wildman–Crippen MR) is 199 cm³/mol. The molecule has 0 bridgehead atoms. The minimum Gasteiger partial charge on any atom is -0.392 e. The number of anilines is 6. The molecule has 0 fully saturated rings. The van der Waals surface area contributed by atoms with Crippen molar-refractivity contribution < 1.29 is 35.8 Å². The Morgan fingerprint density at radius 2 is 0.843 bits per heavy atom. The largest absolute Gasteiger partial charge is 0.392 e. The first-order chi connectivity index (χ1) is 23.9. The number of aliphatic hydroxyl groups is 2. The first-order valence-electron chi connectivity index (χ1n) is 15.9. The van der Waals surface area contributed by atoms with E-state index in [1.807, 2.05) is 0 Å². The molecule has 2 heterocycles. The van der Waals surface area contributed by atoms with E-state index >= 15 is 0 Å². The second-order valence-corrected chi connectivity index (χ2v) is 15.0. The van der Waals surface area contributed by atoms with Crippen LogP contribution in [-0.4, -0.2) is 79.5 Å². The van der Waals surface area contributed by atoms with Gasteiger partial charge in [0, 0.05) is 26.2 Å². The van der Waals surface area contributed by atoms with Crippen molar-refractivity contribution in [2.75, 3.05) is 57.5 Å². The van der Waals surface area contributed by atoms with Gasteiger partial charge in [0.2, 0.25) is 0 Å². The normalized spacial score (nSPS) is 16.4. The van der Waals surface area contributed by atoms with Crippen molar-refractivity contribution in [2.45, 2.75) is 25.0 Å². The third-order valence-electron chi connectivity index (χ3n) is 8.11. The van der Waals surface area contributed by atoms with Crippen LogP contribution in [0.15, 0.2) is 97.1 Å². The van der Waals surface area contributed by atoms with Crippen LogP contribution < -0.4 is 27.9 Å². The van der Waals surface area contributed by atoms with Crippen molar-refractivity contribution in [1.29, 1.82) is 0 Å². The molecule has 4 aromatic rings. The maximum Gasteiger partial charge on any atom is 0.331 e. The molecular formula is C34H41ClF2N6O6S2. The Morgan fingerprint density at radius 3 is 1.16 bits per heavy atom. The van der Waals surface area contributed by atoms with Crippen LogP contribution in [0.3, 0.4) is 0 Å². The highest BCUT2D eigenvalue weighted by Crippen LogP contribution is 2.47. The number of nitrogens with zero attached hydrogens (tertiary/aromatic N) is 4. The number of hydrogen-bond acceptors (Lipinski definition) is 8. The zero-order valence-corrected chi connectivity index (χ0v) is 30.4. The highest BCUT2D eigenvalue weighted by molar-refractivity contribution is 7.95. The maximum absolute atomic E-state index is 14.2. The number of para-hydroxylation sites is 6. The number of hydrogen-bond donors (Lipinski definition) is 4. The second kappa shape index (κ2) is 17.0. The lowest BCUT2D eigenvalue weighted by atomic mass is 10.2. The number of benzene rings is 4. The van der Waals surface area contributed by atoms with Gasteiger partial charge in [0.25, 0.3) is 0 Å². The summed E-state index contributed by atoms with van der Waals surface area (Å²) in [6.45, 7) is 0.944. The Bertz CT molecular complexity index is 1870. The zero-order valence-electron chi connectivity index (χ0n) is 27.9. The molecule has 0 saturated carbocycles. The molecular weight excluding hydrogens is 726 g/mol. The molecule has 2 aliphatic heterocycles. The van der Waals surface area contributed by atoms with Crippen molar-refractivity contribution in [3.8, 4) is 0 Å². The maximum atomic E-state index is 14.2. The van der Waals surface area contributed by atoms with E-state index in [2.05, 4.69) is 10.6 Å². The van der Waals surface area contributed by atoms with Crippen LogP contribution in [0.1, 0.15) is 12.8 Å². The Morgan fingerprint density at radius 1 is 0.549 bits per heavy atom. The van der Waals surface area contributed by atoms with Gasteiger partial charge in [-0.25, -0.2) is 17.4 Å². The lowest BCUT2D eigenvalue weighted by Crippen LogP contribution is -2.38. The summed E-state index contributed by atoms with van der Waals surface area (Å²) in [5.74, 6) is -1.23. The van der Waals surface area contributed by atoms with E-state index in [9.17, 15) is 35.8 Å². The summed E-state index contributed by atoms with van der Waals surface area (Å²) in [5.41, 5.74) is 1.71. The van der Waals surface area contributed by atoms with Crippen molar-refractivity contribution in [2.24, 2.45) is 0 Å². The first-order valence-corrected chi connectivity index (χ1v) is 18.7. The number of fused-ring (bicyclic) bond motifs is 2. The molecule has 0 unspecified atom stereocenters. The van der Waals surface area contributed by atoms with Crippen molar-refractivity contribution >= 4 is 67.0 Å². The van der Waals surface area contributed by atoms with Crippen LogP contribution in [0.4, 0.5) is 42.9 Å². The number of rotatable bonds is 12. The quantitative estimate of drug-likeness (QED) is 0.166. The highest BCUT2D eigenvalue weighted by atomic mass is 35.5.